The Balaban J connectivity index is 1.58. The van der Waals surface area contributed by atoms with Gasteiger partial charge in [-0.1, -0.05) is 24.3 Å². The summed E-state index contributed by atoms with van der Waals surface area (Å²) in [5.74, 6) is 1.90. The Kier molecular flexibility index (Phi) is 4.62. The van der Waals surface area contributed by atoms with Gasteiger partial charge in [-0.2, -0.15) is 5.10 Å². The number of quaternary nitrogens is 1. The Morgan fingerprint density at radius 1 is 1.17 bits per heavy atom. The number of para-hydroxylation sites is 2. The van der Waals surface area contributed by atoms with Gasteiger partial charge in [0.25, 0.3) is 0 Å². The number of fused-ring (bicyclic) bond motifs is 4. The lowest BCUT2D eigenvalue weighted by atomic mass is 9.90. The minimum atomic E-state index is -0.475. The molecule has 2 N–H and O–H groups in total. The highest BCUT2D eigenvalue weighted by atomic mass is 16.5. The van der Waals surface area contributed by atoms with Crippen LogP contribution in [0.1, 0.15) is 50.3 Å². The highest BCUT2D eigenvalue weighted by Gasteiger charge is 2.54. The number of ether oxygens (including phenoxy) is 2. The lowest BCUT2D eigenvalue weighted by Crippen LogP contribution is -3.16. The molecule has 0 radical (unpaired) electrons. The Morgan fingerprint density at radius 3 is 2.63 bits per heavy atom. The van der Waals surface area contributed by atoms with Gasteiger partial charge in [-0.15, -0.1) is 0 Å². The maximum atomic E-state index is 10.4. The average molecular weight is 409 g/mol. The van der Waals surface area contributed by atoms with E-state index in [-0.39, 0.29) is 11.8 Å². The molecule has 6 heteroatoms. The molecule has 3 heterocycles. The molecule has 1 spiro atoms. The molecule has 0 amide bonds. The molecule has 6 nitrogen and oxygen atoms in total. The molecule has 2 aromatic carbocycles. The zero-order valence-corrected chi connectivity index (χ0v) is 17.9. The number of hydrogen-bond donors (Lipinski definition) is 2. The van der Waals surface area contributed by atoms with Crippen LogP contribution in [0.3, 0.4) is 0 Å². The summed E-state index contributed by atoms with van der Waals surface area (Å²) >= 11 is 0. The largest absolute Gasteiger partial charge is 0.507 e. The van der Waals surface area contributed by atoms with Gasteiger partial charge in [0.1, 0.15) is 5.75 Å². The predicted molar refractivity (Wildman–Crippen MR) is 115 cm³/mol. The zero-order chi connectivity index (χ0) is 20.9. The van der Waals surface area contributed by atoms with E-state index in [9.17, 15) is 5.11 Å². The third kappa shape index (κ3) is 2.93. The molecule has 30 heavy (non-hydrogen) atoms. The minimum absolute atomic E-state index is 0.0825. The molecule has 1 saturated heterocycles. The highest BCUT2D eigenvalue weighted by molar-refractivity contribution is 6.04. The molecule has 0 saturated carbocycles. The van der Waals surface area contributed by atoms with E-state index in [1.54, 1.807) is 18.1 Å². The van der Waals surface area contributed by atoms with Gasteiger partial charge in [0.15, 0.2) is 11.5 Å². The second-order valence-electron chi connectivity index (χ2n) is 8.87. The molecule has 0 unspecified atom stereocenters. The van der Waals surface area contributed by atoms with Crippen molar-refractivity contribution in [2.24, 2.45) is 5.10 Å². The van der Waals surface area contributed by atoms with Crippen molar-refractivity contribution in [2.45, 2.75) is 50.9 Å². The number of nitrogens with zero attached hydrogens (tertiary/aromatic N) is 2. The summed E-state index contributed by atoms with van der Waals surface area (Å²) in [6.07, 6.45) is 2.56. The van der Waals surface area contributed by atoms with Crippen LogP contribution in [0.4, 0.5) is 0 Å². The first kappa shape index (κ1) is 19.2. The van der Waals surface area contributed by atoms with E-state index in [4.69, 9.17) is 14.6 Å². The average Bonchev–Trinajstić information content (AvgIpc) is 3.21. The fourth-order valence-electron chi connectivity index (χ4n) is 5.18. The van der Waals surface area contributed by atoms with Crippen LogP contribution in [0.2, 0.25) is 0 Å². The number of hydrogen-bond acceptors (Lipinski definition) is 5. The first-order chi connectivity index (χ1) is 14.5. The molecule has 0 aliphatic carbocycles. The lowest BCUT2D eigenvalue weighted by Gasteiger charge is -2.50. The van der Waals surface area contributed by atoms with Crippen LogP contribution in [-0.2, 0) is 0 Å². The van der Waals surface area contributed by atoms with Crippen LogP contribution in [0.15, 0.2) is 47.6 Å². The topological polar surface area (TPSA) is 58.7 Å². The lowest BCUT2D eigenvalue weighted by molar-refractivity contribution is -0.929. The highest BCUT2D eigenvalue weighted by Crippen LogP contribution is 2.52. The molecule has 158 valence electrons. The fourth-order valence-corrected chi connectivity index (χ4v) is 5.18. The van der Waals surface area contributed by atoms with E-state index < -0.39 is 5.72 Å². The monoisotopic (exact) mass is 408 g/mol. The molecule has 2 aromatic rings. The standard InChI is InChI=1S/C24H29N3O3/c1-16(2)26-13-11-24(12-14-26)27-20(18-8-6-10-22(29-3)23(18)30-24)15-19(25-27)17-7-4-5-9-21(17)28/h4-10,16,20,28H,11-15H2,1-3H3/p+1/t20-/m0/s1. The summed E-state index contributed by atoms with van der Waals surface area (Å²) in [5, 5.41) is 17.7. The summed E-state index contributed by atoms with van der Waals surface area (Å²) in [7, 11) is 1.70. The molecule has 0 aromatic heterocycles. The number of phenolic OH excluding ortho intramolecular Hbond substituents is 1. The Labute approximate surface area is 177 Å². The van der Waals surface area contributed by atoms with Gasteiger partial charge in [0.2, 0.25) is 5.72 Å². The van der Waals surface area contributed by atoms with Crippen molar-refractivity contribution in [3.63, 3.8) is 0 Å². The Morgan fingerprint density at radius 2 is 1.93 bits per heavy atom. The Bertz CT molecular complexity index is 979. The van der Waals surface area contributed by atoms with Gasteiger partial charge in [-0.3, -0.25) is 0 Å². The van der Waals surface area contributed by atoms with Crippen molar-refractivity contribution in [3.8, 4) is 17.2 Å². The smallest absolute Gasteiger partial charge is 0.209 e. The van der Waals surface area contributed by atoms with Gasteiger partial charge in [0.05, 0.1) is 50.8 Å². The first-order valence-electron chi connectivity index (χ1n) is 10.9. The van der Waals surface area contributed by atoms with Gasteiger partial charge in [0, 0.05) is 17.5 Å². The summed E-state index contributed by atoms with van der Waals surface area (Å²) in [6.45, 7) is 6.65. The zero-order valence-electron chi connectivity index (χ0n) is 17.9. The van der Waals surface area contributed by atoms with Crippen LogP contribution < -0.4 is 14.4 Å². The van der Waals surface area contributed by atoms with Crippen LogP contribution in [0.5, 0.6) is 17.2 Å². The minimum Gasteiger partial charge on any atom is -0.507 e. The van der Waals surface area contributed by atoms with E-state index in [0.717, 1.165) is 60.7 Å². The van der Waals surface area contributed by atoms with E-state index in [2.05, 4.69) is 24.9 Å². The summed E-state index contributed by atoms with van der Waals surface area (Å²) < 4.78 is 12.4. The van der Waals surface area contributed by atoms with E-state index in [1.807, 2.05) is 30.3 Å². The third-order valence-corrected chi connectivity index (χ3v) is 6.91. The SMILES string of the molecule is COc1cccc2c1OC1(CC[NH+](C(C)C)CC1)N1N=C(c3ccccc3O)C[C@@H]21. The quantitative estimate of drug-likeness (QED) is 0.820. The summed E-state index contributed by atoms with van der Waals surface area (Å²) in [4.78, 5) is 1.61. The number of benzene rings is 2. The number of aromatic hydroxyl groups is 1. The van der Waals surface area contributed by atoms with Crippen LogP contribution >= 0.6 is 0 Å². The number of likely N-dealkylation sites (tertiary alicyclic amines) is 1. The molecule has 1 atom stereocenters. The van der Waals surface area contributed by atoms with E-state index in [0.29, 0.717) is 6.04 Å². The normalized spacial score (nSPS) is 27.5. The van der Waals surface area contributed by atoms with Gasteiger partial charge < -0.3 is 19.5 Å². The third-order valence-electron chi connectivity index (χ3n) is 6.91. The van der Waals surface area contributed by atoms with Gasteiger partial charge in [-0.05, 0) is 32.0 Å². The van der Waals surface area contributed by atoms with Crippen molar-refractivity contribution in [1.29, 1.82) is 0 Å². The maximum Gasteiger partial charge on any atom is 0.209 e. The number of phenols is 1. The number of piperidine rings is 1. The van der Waals surface area contributed by atoms with Crippen LogP contribution in [0, 0.1) is 0 Å². The fraction of sp³-hybridized carbons (Fsp3) is 0.458. The summed E-state index contributed by atoms with van der Waals surface area (Å²) in [5.41, 5.74) is 2.34. The number of methoxy groups -OCH3 is 1. The second kappa shape index (κ2) is 7.20. The van der Waals surface area contributed by atoms with Crippen LogP contribution in [-0.4, -0.2) is 47.8 Å². The van der Waals surface area contributed by atoms with Gasteiger partial charge >= 0.3 is 0 Å². The predicted octanol–water partition coefficient (Wildman–Crippen LogP) is 2.73. The maximum absolute atomic E-state index is 10.4. The van der Waals surface area contributed by atoms with Crippen molar-refractivity contribution >= 4 is 5.71 Å². The molecular weight excluding hydrogens is 378 g/mol. The van der Waals surface area contributed by atoms with Crippen molar-refractivity contribution in [2.75, 3.05) is 20.2 Å². The number of nitrogens with one attached hydrogen (secondary N) is 1. The molecule has 5 rings (SSSR count). The van der Waals surface area contributed by atoms with E-state index in [1.165, 1.54) is 0 Å². The summed E-state index contributed by atoms with van der Waals surface area (Å²) in [6, 6.07) is 14.2. The molecule has 3 aliphatic heterocycles. The first-order valence-corrected chi connectivity index (χ1v) is 10.9. The van der Waals surface area contributed by atoms with Crippen LogP contribution in [0.25, 0.3) is 0 Å². The molecule has 3 aliphatic rings. The molecular formula is C24H30N3O3+. The molecule has 0 bridgehead atoms. The number of rotatable bonds is 3. The number of hydrazone groups is 1. The van der Waals surface area contributed by atoms with Crippen molar-refractivity contribution in [1.82, 2.24) is 5.01 Å². The second-order valence-corrected chi connectivity index (χ2v) is 8.87. The van der Waals surface area contributed by atoms with E-state index >= 15 is 0 Å². The Hall–Kier alpha value is -2.73. The van der Waals surface area contributed by atoms with Gasteiger partial charge in [-0.25, -0.2) is 5.01 Å². The van der Waals surface area contributed by atoms with Crippen molar-refractivity contribution in [3.05, 3.63) is 53.6 Å². The van der Waals surface area contributed by atoms with Crippen molar-refractivity contribution < 1.29 is 19.5 Å². The molecule has 1 fully saturated rings.